The molecule has 3 aromatic heterocycles. The fraction of sp³-hybridized carbons (Fsp3) is 0.188. The van der Waals surface area contributed by atoms with Crippen molar-refractivity contribution in [3.63, 3.8) is 0 Å². The summed E-state index contributed by atoms with van der Waals surface area (Å²) in [5.41, 5.74) is 2.84. The molecule has 3 aromatic rings. The summed E-state index contributed by atoms with van der Waals surface area (Å²) in [6, 6.07) is 6.14. The summed E-state index contributed by atoms with van der Waals surface area (Å²) < 4.78 is 0. The highest BCUT2D eigenvalue weighted by atomic mass is 32.1. The van der Waals surface area contributed by atoms with Crippen LogP contribution in [0.5, 0.6) is 0 Å². The second-order valence-electron chi connectivity index (χ2n) is 4.89. The van der Waals surface area contributed by atoms with Crippen LogP contribution >= 0.6 is 22.7 Å². The third-order valence-corrected chi connectivity index (χ3v) is 5.15. The number of hydrogen-bond acceptors (Lipinski definition) is 5. The van der Waals surface area contributed by atoms with Gasteiger partial charge >= 0.3 is 0 Å². The van der Waals surface area contributed by atoms with E-state index in [1.165, 1.54) is 16.2 Å². The number of aryl methyl sites for hydroxylation is 2. The zero-order chi connectivity index (χ0) is 15.5. The molecular weight excluding hydrogens is 314 g/mol. The van der Waals surface area contributed by atoms with E-state index in [1.54, 1.807) is 17.5 Å². The highest BCUT2D eigenvalue weighted by molar-refractivity contribution is 7.14. The molecule has 4 nitrogen and oxygen atoms in total. The van der Waals surface area contributed by atoms with E-state index in [2.05, 4.69) is 27.4 Å². The first-order valence-electron chi connectivity index (χ1n) is 6.83. The van der Waals surface area contributed by atoms with Gasteiger partial charge in [-0.15, -0.1) is 22.7 Å². The Morgan fingerprint density at radius 2 is 2.18 bits per heavy atom. The molecule has 0 aromatic carbocycles. The number of aromatic nitrogens is 2. The number of amides is 1. The van der Waals surface area contributed by atoms with Crippen LogP contribution in [-0.4, -0.2) is 15.9 Å². The predicted octanol–water partition coefficient (Wildman–Crippen LogP) is 3.81. The van der Waals surface area contributed by atoms with Gasteiger partial charge < -0.3 is 5.32 Å². The van der Waals surface area contributed by atoms with E-state index in [4.69, 9.17) is 0 Å². The molecule has 1 N–H and O–H groups in total. The molecule has 0 atom stereocenters. The van der Waals surface area contributed by atoms with Gasteiger partial charge in [-0.05, 0) is 36.9 Å². The lowest BCUT2D eigenvalue weighted by Crippen LogP contribution is -2.22. The quantitative estimate of drug-likeness (QED) is 0.792. The van der Waals surface area contributed by atoms with Crippen LogP contribution in [0.25, 0.3) is 10.4 Å². The average molecular weight is 329 g/mol. The number of rotatable bonds is 4. The highest BCUT2D eigenvalue weighted by Crippen LogP contribution is 2.24. The van der Waals surface area contributed by atoms with E-state index in [-0.39, 0.29) is 5.91 Å². The standard InChI is InChI=1S/C16H15N3OS2/c1-10-15(22-11(2)19-10)16(20)18-8-12-6-13(9-17-7-12)14-4-3-5-21-14/h3-7,9H,8H2,1-2H3,(H,18,20). The predicted molar refractivity (Wildman–Crippen MR) is 90.3 cm³/mol. The van der Waals surface area contributed by atoms with Gasteiger partial charge in [0, 0.05) is 29.4 Å². The number of thiophene rings is 1. The SMILES string of the molecule is Cc1nc(C)c(C(=O)NCc2cncc(-c3cccs3)c2)s1. The first-order valence-corrected chi connectivity index (χ1v) is 8.53. The minimum absolute atomic E-state index is 0.0790. The number of pyridine rings is 1. The van der Waals surface area contributed by atoms with E-state index in [0.29, 0.717) is 11.4 Å². The van der Waals surface area contributed by atoms with Gasteiger partial charge in [-0.1, -0.05) is 6.07 Å². The fourth-order valence-corrected chi connectivity index (χ4v) is 3.71. The van der Waals surface area contributed by atoms with Gasteiger partial charge in [0.05, 0.1) is 10.7 Å². The van der Waals surface area contributed by atoms with Gasteiger partial charge in [0.15, 0.2) is 0 Å². The van der Waals surface area contributed by atoms with Crippen molar-refractivity contribution in [1.29, 1.82) is 0 Å². The molecule has 0 saturated carbocycles. The van der Waals surface area contributed by atoms with Crippen molar-refractivity contribution in [3.05, 3.63) is 57.1 Å². The molecule has 6 heteroatoms. The van der Waals surface area contributed by atoms with Gasteiger partial charge in [0.2, 0.25) is 0 Å². The zero-order valence-electron chi connectivity index (χ0n) is 12.3. The van der Waals surface area contributed by atoms with Crippen LogP contribution in [0.3, 0.4) is 0 Å². The third kappa shape index (κ3) is 3.23. The summed E-state index contributed by atoms with van der Waals surface area (Å²) in [6.45, 7) is 4.22. The Labute approximate surface area is 136 Å². The molecule has 22 heavy (non-hydrogen) atoms. The van der Waals surface area contributed by atoms with E-state index in [9.17, 15) is 4.79 Å². The summed E-state index contributed by atoms with van der Waals surface area (Å²) in [6.07, 6.45) is 3.62. The number of carbonyl (C=O) groups excluding carboxylic acids is 1. The lowest BCUT2D eigenvalue weighted by atomic mass is 10.2. The van der Waals surface area contributed by atoms with Crippen molar-refractivity contribution >= 4 is 28.6 Å². The Balaban J connectivity index is 1.70. The topological polar surface area (TPSA) is 54.9 Å². The molecule has 3 heterocycles. The number of nitrogens with one attached hydrogen (secondary N) is 1. The Bertz CT molecular complexity index is 794. The normalized spacial score (nSPS) is 10.6. The number of thiazole rings is 1. The molecule has 0 aliphatic heterocycles. The molecule has 112 valence electrons. The number of carbonyl (C=O) groups is 1. The summed E-state index contributed by atoms with van der Waals surface area (Å²) in [5.74, 6) is -0.0790. The van der Waals surface area contributed by atoms with Gasteiger partial charge in [0.25, 0.3) is 5.91 Å². The van der Waals surface area contributed by atoms with Crippen molar-refractivity contribution in [1.82, 2.24) is 15.3 Å². The fourth-order valence-electron chi connectivity index (χ4n) is 2.17. The summed E-state index contributed by atoms with van der Waals surface area (Å²) in [7, 11) is 0. The number of nitrogens with zero attached hydrogens (tertiary/aromatic N) is 2. The van der Waals surface area contributed by atoms with Crippen LogP contribution in [0, 0.1) is 13.8 Å². The summed E-state index contributed by atoms with van der Waals surface area (Å²) >= 11 is 3.10. The molecule has 0 spiro atoms. The molecule has 0 bridgehead atoms. The summed E-state index contributed by atoms with van der Waals surface area (Å²) in [4.78, 5) is 22.6. The lowest BCUT2D eigenvalue weighted by molar-refractivity contribution is 0.0954. The van der Waals surface area contributed by atoms with Crippen molar-refractivity contribution < 1.29 is 4.79 Å². The van der Waals surface area contributed by atoms with E-state index in [1.807, 2.05) is 31.5 Å². The molecular formula is C16H15N3OS2. The Kier molecular flexibility index (Phi) is 4.31. The highest BCUT2D eigenvalue weighted by Gasteiger charge is 2.13. The van der Waals surface area contributed by atoms with Crippen molar-refractivity contribution in [2.45, 2.75) is 20.4 Å². The molecule has 3 rings (SSSR count). The van der Waals surface area contributed by atoms with E-state index >= 15 is 0 Å². The maximum Gasteiger partial charge on any atom is 0.263 e. The minimum Gasteiger partial charge on any atom is -0.347 e. The molecule has 0 aliphatic carbocycles. The van der Waals surface area contributed by atoms with Gasteiger partial charge in [0.1, 0.15) is 4.88 Å². The largest absolute Gasteiger partial charge is 0.347 e. The van der Waals surface area contributed by atoms with Crippen LogP contribution in [0.15, 0.2) is 36.0 Å². The van der Waals surface area contributed by atoms with Crippen LogP contribution < -0.4 is 5.32 Å². The van der Waals surface area contributed by atoms with Crippen LogP contribution in [-0.2, 0) is 6.54 Å². The van der Waals surface area contributed by atoms with Gasteiger partial charge in [-0.25, -0.2) is 4.98 Å². The summed E-state index contributed by atoms with van der Waals surface area (Å²) in [5, 5.41) is 5.88. The molecule has 0 unspecified atom stereocenters. The second-order valence-corrected chi connectivity index (χ2v) is 7.04. The molecule has 0 saturated heterocycles. The Hall–Kier alpha value is -2.05. The van der Waals surface area contributed by atoms with Crippen LogP contribution in [0.4, 0.5) is 0 Å². The van der Waals surface area contributed by atoms with Crippen LogP contribution in [0.1, 0.15) is 25.9 Å². The molecule has 1 amide bonds. The first kappa shape index (κ1) is 14.9. The smallest absolute Gasteiger partial charge is 0.263 e. The zero-order valence-corrected chi connectivity index (χ0v) is 13.9. The Morgan fingerprint density at radius 1 is 1.32 bits per heavy atom. The second kappa shape index (κ2) is 6.37. The molecule has 0 aliphatic rings. The Morgan fingerprint density at radius 3 is 2.86 bits per heavy atom. The first-order chi connectivity index (χ1) is 10.6. The maximum absolute atomic E-state index is 12.2. The maximum atomic E-state index is 12.2. The van der Waals surface area contributed by atoms with E-state index < -0.39 is 0 Å². The van der Waals surface area contributed by atoms with Gasteiger partial charge in [-0.3, -0.25) is 9.78 Å². The third-order valence-electron chi connectivity index (χ3n) is 3.16. The molecule has 0 fully saturated rings. The number of hydrogen-bond donors (Lipinski definition) is 1. The van der Waals surface area contributed by atoms with Crippen LogP contribution in [0.2, 0.25) is 0 Å². The van der Waals surface area contributed by atoms with Gasteiger partial charge in [-0.2, -0.15) is 0 Å². The minimum atomic E-state index is -0.0790. The van der Waals surface area contributed by atoms with E-state index in [0.717, 1.165) is 21.8 Å². The monoisotopic (exact) mass is 329 g/mol. The molecule has 0 radical (unpaired) electrons. The van der Waals surface area contributed by atoms with Crippen molar-refractivity contribution in [2.24, 2.45) is 0 Å². The van der Waals surface area contributed by atoms with Crippen molar-refractivity contribution in [2.75, 3.05) is 0 Å². The van der Waals surface area contributed by atoms with Crippen molar-refractivity contribution in [3.8, 4) is 10.4 Å². The lowest BCUT2D eigenvalue weighted by Gasteiger charge is -2.05. The average Bonchev–Trinajstić information content (AvgIpc) is 3.15.